The zero-order valence-corrected chi connectivity index (χ0v) is 11.7. The summed E-state index contributed by atoms with van der Waals surface area (Å²) < 4.78 is 5.37. The summed E-state index contributed by atoms with van der Waals surface area (Å²) in [7, 11) is 0. The Hall–Kier alpha value is -1.95. The molecule has 2 atom stereocenters. The molecule has 0 unspecified atom stereocenters. The molecule has 6 nitrogen and oxygen atoms in total. The predicted octanol–water partition coefficient (Wildman–Crippen LogP) is 2.84. The SMILES string of the molecule is O=C(O[C@H]1CCCCCC[C@@H]1O)c1ccc([N+](=O)[O-])cc1. The fourth-order valence-electron chi connectivity index (χ4n) is 2.49. The predicted molar refractivity (Wildman–Crippen MR) is 76.0 cm³/mol. The fraction of sp³-hybridized carbons (Fsp3) is 0.533. The van der Waals surface area contributed by atoms with Crippen LogP contribution in [0, 0.1) is 10.1 Å². The van der Waals surface area contributed by atoms with Gasteiger partial charge in [-0.3, -0.25) is 10.1 Å². The summed E-state index contributed by atoms with van der Waals surface area (Å²) in [5.41, 5.74) is 0.187. The number of nitro benzene ring substituents is 1. The van der Waals surface area contributed by atoms with E-state index in [2.05, 4.69) is 0 Å². The van der Waals surface area contributed by atoms with Crippen molar-refractivity contribution in [3.05, 3.63) is 39.9 Å². The first kappa shape index (κ1) is 15.4. The minimum Gasteiger partial charge on any atom is -0.456 e. The van der Waals surface area contributed by atoms with Crippen molar-refractivity contribution in [3.8, 4) is 0 Å². The summed E-state index contributed by atoms with van der Waals surface area (Å²) in [6.07, 6.45) is 4.21. The molecule has 0 heterocycles. The maximum absolute atomic E-state index is 12.0. The van der Waals surface area contributed by atoms with E-state index < -0.39 is 23.1 Å². The van der Waals surface area contributed by atoms with Gasteiger partial charge in [0.2, 0.25) is 0 Å². The summed E-state index contributed by atoms with van der Waals surface area (Å²) >= 11 is 0. The largest absolute Gasteiger partial charge is 0.456 e. The summed E-state index contributed by atoms with van der Waals surface area (Å²) in [5.74, 6) is -0.547. The molecule has 2 rings (SSSR count). The van der Waals surface area contributed by atoms with Crippen molar-refractivity contribution in [2.45, 2.75) is 50.7 Å². The van der Waals surface area contributed by atoms with Crippen molar-refractivity contribution in [1.29, 1.82) is 0 Å². The van der Waals surface area contributed by atoms with E-state index in [4.69, 9.17) is 4.74 Å². The lowest BCUT2D eigenvalue weighted by molar-refractivity contribution is -0.384. The number of nitrogens with zero attached hydrogens (tertiary/aromatic N) is 1. The number of hydrogen-bond donors (Lipinski definition) is 1. The molecule has 0 amide bonds. The molecule has 1 fully saturated rings. The van der Waals surface area contributed by atoms with Crippen LogP contribution in [0.5, 0.6) is 0 Å². The lowest BCUT2D eigenvalue weighted by Crippen LogP contribution is -2.32. The highest BCUT2D eigenvalue weighted by molar-refractivity contribution is 5.89. The number of benzene rings is 1. The monoisotopic (exact) mass is 293 g/mol. The number of non-ortho nitro benzene ring substituents is 1. The quantitative estimate of drug-likeness (QED) is 0.526. The Kier molecular flexibility index (Phi) is 5.27. The summed E-state index contributed by atoms with van der Waals surface area (Å²) in [4.78, 5) is 22.1. The van der Waals surface area contributed by atoms with Gasteiger partial charge in [0.25, 0.3) is 5.69 Å². The molecular weight excluding hydrogens is 274 g/mol. The Bertz CT molecular complexity index is 499. The topological polar surface area (TPSA) is 89.7 Å². The van der Waals surface area contributed by atoms with Crippen molar-refractivity contribution < 1.29 is 19.6 Å². The van der Waals surface area contributed by atoms with Gasteiger partial charge in [0.15, 0.2) is 0 Å². The molecule has 6 heteroatoms. The van der Waals surface area contributed by atoms with Gasteiger partial charge in [-0.15, -0.1) is 0 Å². The van der Waals surface area contributed by atoms with E-state index in [1.807, 2.05) is 0 Å². The number of aliphatic hydroxyl groups excluding tert-OH is 1. The molecule has 1 aliphatic rings. The Morgan fingerprint density at radius 2 is 1.76 bits per heavy atom. The summed E-state index contributed by atoms with van der Waals surface area (Å²) in [6, 6.07) is 5.28. The van der Waals surface area contributed by atoms with Gasteiger partial charge in [-0.2, -0.15) is 0 Å². The standard InChI is InChI=1S/C15H19NO5/c17-13-5-3-1-2-4-6-14(13)21-15(18)11-7-9-12(10-8-11)16(19)20/h7-10,13-14,17H,1-6H2/t13-,14-/m0/s1. The van der Waals surface area contributed by atoms with Gasteiger partial charge in [-0.1, -0.05) is 19.3 Å². The lowest BCUT2D eigenvalue weighted by atomic mass is 9.96. The Balaban J connectivity index is 2.00. The molecule has 0 aliphatic heterocycles. The third kappa shape index (κ3) is 4.26. The van der Waals surface area contributed by atoms with Gasteiger partial charge in [-0.25, -0.2) is 4.79 Å². The van der Waals surface area contributed by atoms with Gasteiger partial charge >= 0.3 is 5.97 Å². The molecule has 0 radical (unpaired) electrons. The molecule has 114 valence electrons. The second kappa shape index (κ2) is 7.17. The van der Waals surface area contributed by atoms with Gasteiger partial charge in [0.05, 0.1) is 16.6 Å². The molecule has 1 N–H and O–H groups in total. The number of carbonyl (C=O) groups excluding carboxylic acids is 1. The van der Waals surface area contributed by atoms with Crippen molar-refractivity contribution in [2.75, 3.05) is 0 Å². The van der Waals surface area contributed by atoms with E-state index in [1.165, 1.54) is 24.3 Å². The molecule has 1 aliphatic carbocycles. The third-order valence-electron chi connectivity index (χ3n) is 3.74. The minimum atomic E-state index is -0.632. The van der Waals surface area contributed by atoms with Gasteiger partial charge in [0.1, 0.15) is 6.10 Å². The first-order chi connectivity index (χ1) is 10.1. The van der Waals surface area contributed by atoms with E-state index in [9.17, 15) is 20.0 Å². The molecule has 0 spiro atoms. The number of ether oxygens (including phenoxy) is 1. The zero-order chi connectivity index (χ0) is 15.2. The highest BCUT2D eigenvalue weighted by atomic mass is 16.6. The first-order valence-electron chi connectivity index (χ1n) is 7.21. The van der Waals surface area contributed by atoms with Crippen LogP contribution in [0.15, 0.2) is 24.3 Å². The van der Waals surface area contributed by atoms with Crippen LogP contribution >= 0.6 is 0 Å². The van der Waals surface area contributed by atoms with E-state index in [-0.39, 0.29) is 11.3 Å². The van der Waals surface area contributed by atoms with Crippen LogP contribution in [0.4, 0.5) is 5.69 Å². The smallest absolute Gasteiger partial charge is 0.338 e. The van der Waals surface area contributed by atoms with Crippen molar-refractivity contribution in [1.82, 2.24) is 0 Å². The van der Waals surface area contributed by atoms with E-state index in [0.29, 0.717) is 12.8 Å². The van der Waals surface area contributed by atoms with Crippen molar-refractivity contribution in [3.63, 3.8) is 0 Å². The second-order valence-corrected chi connectivity index (χ2v) is 5.31. The molecule has 0 aromatic heterocycles. The van der Waals surface area contributed by atoms with Crippen LogP contribution in [0.1, 0.15) is 48.9 Å². The van der Waals surface area contributed by atoms with E-state index in [1.54, 1.807) is 0 Å². The van der Waals surface area contributed by atoms with Crippen molar-refractivity contribution >= 4 is 11.7 Å². The highest BCUT2D eigenvalue weighted by Gasteiger charge is 2.25. The van der Waals surface area contributed by atoms with Crippen molar-refractivity contribution in [2.24, 2.45) is 0 Å². The zero-order valence-electron chi connectivity index (χ0n) is 11.7. The first-order valence-corrected chi connectivity index (χ1v) is 7.21. The summed E-state index contributed by atoms with van der Waals surface area (Å²) in [6.45, 7) is 0. The number of hydrogen-bond acceptors (Lipinski definition) is 5. The normalized spacial score (nSPS) is 22.9. The number of nitro groups is 1. The maximum Gasteiger partial charge on any atom is 0.338 e. The van der Waals surface area contributed by atoms with Crippen LogP contribution in [-0.4, -0.2) is 28.2 Å². The molecule has 1 aromatic carbocycles. The fourth-order valence-corrected chi connectivity index (χ4v) is 2.49. The second-order valence-electron chi connectivity index (χ2n) is 5.31. The molecule has 0 bridgehead atoms. The molecule has 0 saturated heterocycles. The molecule has 21 heavy (non-hydrogen) atoms. The maximum atomic E-state index is 12.0. The average Bonchev–Trinajstić information content (AvgIpc) is 2.47. The van der Waals surface area contributed by atoms with E-state index in [0.717, 1.165) is 25.7 Å². The molecule has 1 aromatic rings. The Labute approximate surface area is 122 Å². The van der Waals surface area contributed by atoms with Crippen LogP contribution in [0.2, 0.25) is 0 Å². The summed E-state index contributed by atoms with van der Waals surface area (Å²) in [5, 5.41) is 20.6. The lowest BCUT2D eigenvalue weighted by Gasteiger charge is -2.25. The van der Waals surface area contributed by atoms with Crippen LogP contribution in [-0.2, 0) is 4.74 Å². The number of carbonyl (C=O) groups is 1. The molecular formula is C15H19NO5. The number of rotatable bonds is 3. The Morgan fingerprint density at radius 1 is 1.14 bits per heavy atom. The highest BCUT2D eigenvalue weighted by Crippen LogP contribution is 2.21. The van der Waals surface area contributed by atoms with Gasteiger partial charge in [0, 0.05) is 12.1 Å². The minimum absolute atomic E-state index is 0.0717. The number of aliphatic hydroxyl groups is 1. The average molecular weight is 293 g/mol. The van der Waals surface area contributed by atoms with Crippen LogP contribution in [0.25, 0.3) is 0 Å². The van der Waals surface area contributed by atoms with Crippen LogP contribution in [0.3, 0.4) is 0 Å². The number of esters is 1. The van der Waals surface area contributed by atoms with Gasteiger partial charge in [-0.05, 0) is 31.4 Å². The van der Waals surface area contributed by atoms with Gasteiger partial charge < -0.3 is 9.84 Å². The Morgan fingerprint density at radius 3 is 2.38 bits per heavy atom. The molecule has 1 saturated carbocycles. The van der Waals surface area contributed by atoms with Crippen LogP contribution < -0.4 is 0 Å². The third-order valence-corrected chi connectivity index (χ3v) is 3.74. The van der Waals surface area contributed by atoms with E-state index >= 15 is 0 Å².